The number of aromatic nitrogens is 3. The standard InChI is InChI=1S/C27H23F3N4O5/c1-2-38-26(37)20-14-19-22(31-21-10-3-4-11-33(21)25(19)36)34(15-18-9-6-12-39-18)23(20)32-24(35)16-7-5-8-17(13-16)27(28,29)30/h3-5,7-8,10-11,13-14,18H,2,6,9,12,15H2,1H3/t18-/m1/s1. The lowest BCUT2D eigenvalue weighted by molar-refractivity contribution is -0.137. The number of rotatable bonds is 5. The molecule has 9 nitrogen and oxygen atoms in total. The summed E-state index contributed by atoms with van der Waals surface area (Å²) in [4.78, 5) is 48.4. The molecule has 1 amide bonds. The molecule has 0 saturated carbocycles. The van der Waals surface area contributed by atoms with E-state index in [2.05, 4.69) is 9.98 Å². The van der Waals surface area contributed by atoms with Crippen LogP contribution in [-0.2, 0) is 22.2 Å². The molecule has 3 aromatic heterocycles. The van der Waals surface area contributed by atoms with E-state index >= 15 is 0 Å². The normalized spacial score (nSPS) is 16.2. The fourth-order valence-corrected chi connectivity index (χ4v) is 4.51. The average molecular weight is 540 g/mol. The summed E-state index contributed by atoms with van der Waals surface area (Å²) in [7, 11) is 0. The van der Waals surface area contributed by atoms with Gasteiger partial charge in [-0.25, -0.2) is 9.78 Å². The lowest BCUT2D eigenvalue weighted by atomic mass is 10.1. The molecule has 0 spiro atoms. The van der Waals surface area contributed by atoms with E-state index in [0.29, 0.717) is 24.7 Å². The first-order valence-corrected chi connectivity index (χ1v) is 12.3. The van der Waals surface area contributed by atoms with Gasteiger partial charge in [-0.3, -0.25) is 14.0 Å². The summed E-state index contributed by atoms with van der Waals surface area (Å²) in [6, 6.07) is 10.1. The summed E-state index contributed by atoms with van der Waals surface area (Å²) in [5, 5.41) is 0.0743. The Bertz CT molecular complexity index is 1720. The van der Waals surface area contributed by atoms with E-state index in [1.165, 1.54) is 27.3 Å². The van der Waals surface area contributed by atoms with Crippen LogP contribution in [0.3, 0.4) is 0 Å². The molecule has 39 heavy (non-hydrogen) atoms. The maximum Gasteiger partial charge on any atom is 0.416 e. The van der Waals surface area contributed by atoms with Gasteiger partial charge in [0.15, 0.2) is 5.49 Å². The van der Waals surface area contributed by atoms with Crippen molar-refractivity contribution in [1.82, 2.24) is 14.0 Å². The lowest BCUT2D eigenvalue weighted by Crippen LogP contribution is -2.35. The van der Waals surface area contributed by atoms with E-state index in [-0.39, 0.29) is 46.9 Å². The number of halogens is 3. The molecule has 0 unspecified atom stereocenters. The van der Waals surface area contributed by atoms with Crippen LogP contribution in [0.4, 0.5) is 13.2 Å². The highest BCUT2D eigenvalue weighted by Gasteiger charge is 2.31. The van der Waals surface area contributed by atoms with E-state index in [1.54, 1.807) is 25.1 Å². The van der Waals surface area contributed by atoms with Crippen LogP contribution in [0, 0.1) is 0 Å². The van der Waals surface area contributed by atoms with Crippen LogP contribution in [-0.4, -0.2) is 45.1 Å². The maximum atomic E-state index is 13.4. The molecule has 202 valence electrons. The molecule has 12 heteroatoms. The third kappa shape index (κ3) is 5.19. The van der Waals surface area contributed by atoms with Crippen molar-refractivity contribution in [2.75, 3.05) is 13.2 Å². The van der Waals surface area contributed by atoms with Gasteiger partial charge in [-0.2, -0.15) is 18.2 Å². The number of esters is 1. The van der Waals surface area contributed by atoms with E-state index < -0.39 is 29.2 Å². The average Bonchev–Trinajstić information content (AvgIpc) is 3.43. The first-order chi connectivity index (χ1) is 18.7. The number of carbonyl (C=O) groups is 2. The number of hydrogen-bond donors (Lipinski definition) is 0. The Morgan fingerprint density at radius 3 is 2.72 bits per heavy atom. The highest BCUT2D eigenvalue weighted by molar-refractivity contribution is 5.97. The highest BCUT2D eigenvalue weighted by Crippen LogP contribution is 2.29. The molecule has 4 aromatic rings. The predicted octanol–water partition coefficient (Wildman–Crippen LogP) is 3.76. The van der Waals surface area contributed by atoms with Crippen molar-refractivity contribution in [2.24, 2.45) is 4.99 Å². The number of nitrogens with zero attached hydrogens (tertiary/aromatic N) is 4. The van der Waals surface area contributed by atoms with Crippen molar-refractivity contribution in [3.05, 3.63) is 87.3 Å². The lowest BCUT2D eigenvalue weighted by Gasteiger charge is -2.18. The quantitative estimate of drug-likeness (QED) is 0.282. The first kappa shape index (κ1) is 26.3. The molecule has 0 N–H and O–H groups in total. The molecule has 1 atom stereocenters. The topological polar surface area (TPSA) is 104 Å². The van der Waals surface area contributed by atoms with Crippen LogP contribution in [0.1, 0.15) is 46.0 Å². The number of benzene rings is 1. The van der Waals surface area contributed by atoms with Gasteiger partial charge in [-0.1, -0.05) is 12.1 Å². The van der Waals surface area contributed by atoms with E-state index in [1.807, 2.05) is 0 Å². The van der Waals surface area contributed by atoms with Crippen LogP contribution < -0.4 is 11.0 Å². The fourth-order valence-electron chi connectivity index (χ4n) is 4.51. The molecule has 1 aliphatic rings. The third-order valence-corrected chi connectivity index (χ3v) is 6.34. The molecule has 0 bridgehead atoms. The van der Waals surface area contributed by atoms with Gasteiger partial charge in [0.25, 0.3) is 11.5 Å². The number of carbonyl (C=O) groups excluding carboxylic acids is 2. The molecule has 0 radical (unpaired) electrons. The van der Waals surface area contributed by atoms with E-state index in [9.17, 15) is 27.6 Å². The monoisotopic (exact) mass is 540 g/mol. The number of fused-ring (bicyclic) bond motifs is 2. The molecule has 4 heterocycles. The van der Waals surface area contributed by atoms with Crippen molar-refractivity contribution < 1.29 is 32.2 Å². The Morgan fingerprint density at radius 1 is 1.18 bits per heavy atom. The van der Waals surface area contributed by atoms with Crippen molar-refractivity contribution in [3.8, 4) is 0 Å². The van der Waals surface area contributed by atoms with Crippen LogP contribution in [0.5, 0.6) is 0 Å². The number of ether oxygens (including phenoxy) is 2. The van der Waals surface area contributed by atoms with Crippen molar-refractivity contribution in [2.45, 2.75) is 38.6 Å². The minimum atomic E-state index is -4.66. The Labute approximate surface area is 219 Å². The summed E-state index contributed by atoms with van der Waals surface area (Å²) < 4.78 is 53.6. The van der Waals surface area contributed by atoms with Gasteiger partial charge >= 0.3 is 12.1 Å². The minimum Gasteiger partial charge on any atom is -0.462 e. The van der Waals surface area contributed by atoms with Crippen molar-refractivity contribution >= 4 is 28.6 Å². The summed E-state index contributed by atoms with van der Waals surface area (Å²) in [5.74, 6) is -1.86. The van der Waals surface area contributed by atoms with E-state index in [0.717, 1.165) is 18.6 Å². The largest absolute Gasteiger partial charge is 0.462 e. The Kier molecular flexibility index (Phi) is 7.04. The maximum absolute atomic E-state index is 13.4. The summed E-state index contributed by atoms with van der Waals surface area (Å²) in [6.07, 6.45) is -2.00. The van der Waals surface area contributed by atoms with Gasteiger partial charge in [0.1, 0.15) is 16.9 Å². The zero-order valence-electron chi connectivity index (χ0n) is 20.8. The zero-order valence-corrected chi connectivity index (χ0v) is 20.8. The van der Waals surface area contributed by atoms with Gasteiger partial charge in [0, 0.05) is 18.4 Å². The number of hydrogen-bond acceptors (Lipinski definition) is 6. The zero-order chi connectivity index (χ0) is 27.7. The molecule has 1 fully saturated rings. The third-order valence-electron chi connectivity index (χ3n) is 6.34. The minimum absolute atomic E-state index is 0.00142. The molecular weight excluding hydrogens is 517 g/mol. The summed E-state index contributed by atoms with van der Waals surface area (Å²) >= 11 is 0. The van der Waals surface area contributed by atoms with Gasteiger partial charge in [-0.05, 0) is 56.2 Å². The Balaban J connectivity index is 1.82. The van der Waals surface area contributed by atoms with Crippen LogP contribution >= 0.6 is 0 Å². The molecule has 1 aliphatic heterocycles. The van der Waals surface area contributed by atoms with Gasteiger partial charge in [0.05, 0.1) is 30.2 Å². The second-order valence-electron chi connectivity index (χ2n) is 8.93. The summed E-state index contributed by atoms with van der Waals surface area (Å²) in [5.41, 5.74) is -1.72. The Hall–Kier alpha value is -4.32. The van der Waals surface area contributed by atoms with Crippen LogP contribution in [0.15, 0.2) is 64.5 Å². The van der Waals surface area contributed by atoms with Crippen molar-refractivity contribution in [1.29, 1.82) is 0 Å². The van der Waals surface area contributed by atoms with Crippen molar-refractivity contribution in [3.63, 3.8) is 0 Å². The molecule has 0 aliphatic carbocycles. The Morgan fingerprint density at radius 2 is 2.00 bits per heavy atom. The number of amides is 1. The van der Waals surface area contributed by atoms with E-state index in [4.69, 9.17) is 9.47 Å². The molecule has 1 aromatic carbocycles. The molecular formula is C27H23F3N4O5. The van der Waals surface area contributed by atoms with Gasteiger partial charge in [0.2, 0.25) is 0 Å². The molecule has 1 saturated heterocycles. The SMILES string of the molecule is CCOC(=O)c1cc2c(=O)n3ccccc3nc2n(C[C@H]2CCCO2)c1=NC(=O)c1cccc(C(F)(F)F)c1. The second kappa shape index (κ2) is 10.4. The highest BCUT2D eigenvalue weighted by atomic mass is 19.4. The van der Waals surface area contributed by atoms with Gasteiger partial charge in [-0.15, -0.1) is 0 Å². The first-order valence-electron chi connectivity index (χ1n) is 12.3. The summed E-state index contributed by atoms with van der Waals surface area (Å²) in [6.45, 7) is 2.19. The van der Waals surface area contributed by atoms with Crippen LogP contribution in [0.25, 0.3) is 16.7 Å². The molecule has 5 rings (SSSR count). The number of pyridine rings is 2. The van der Waals surface area contributed by atoms with Crippen LogP contribution in [0.2, 0.25) is 0 Å². The smallest absolute Gasteiger partial charge is 0.416 e. The number of alkyl halides is 3. The second-order valence-corrected chi connectivity index (χ2v) is 8.93. The fraction of sp³-hybridized carbons (Fsp3) is 0.296. The van der Waals surface area contributed by atoms with Gasteiger partial charge < -0.3 is 14.0 Å². The predicted molar refractivity (Wildman–Crippen MR) is 133 cm³/mol.